The van der Waals surface area contributed by atoms with E-state index in [1.807, 2.05) is 0 Å². The summed E-state index contributed by atoms with van der Waals surface area (Å²) in [7, 11) is 0. The van der Waals surface area contributed by atoms with Crippen LogP contribution in [0.15, 0.2) is 0 Å². The van der Waals surface area contributed by atoms with E-state index in [9.17, 15) is 9.59 Å². The Kier molecular flexibility index (Phi) is 6.96. The molecule has 0 aromatic carbocycles. The highest BCUT2D eigenvalue weighted by atomic mass is 16.6. The first-order valence-corrected chi connectivity index (χ1v) is 11.3. The smallest absolute Gasteiger partial charge is 0.314 e. The average Bonchev–Trinajstić information content (AvgIpc) is 2.50. The van der Waals surface area contributed by atoms with E-state index < -0.39 is 11.9 Å². The Morgan fingerprint density at radius 3 is 1.59 bits per heavy atom. The van der Waals surface area contributed by atoms with E-state index in [4.69, 9.17) is 16.2 Å². The number of nitrogens with two attached hydrogens (primary N) is 2. The molecule has 5 heteroatoms. The number of hydrogen-bond acceptors (Lipinski definition) is 5. The third-order valence-corrected chi connectivity index (χ3v) is 7.21. The fourth-order valence-corrected chi connectivity index (χ4v) is 7.20. The van der Waals surface area contributed by atoms with Gasteiger partial charge in [-0.15, -0.1) is 0 Å². The number of carbonyl (C=O) groups excluding carboxylic acids is 2. The highest BCUT2D eigenvalue weighted by Gasteiger charge is 2.48. The second-order valence-corrected chi connectivity index (χ2v) is 12.7. The molecule has 2 aliphatic carbocycles. The van der Waals surface area contributed by atoms with E-state index in [0.717, 1.165) is 44.9 Å². The molecule has 0 aromatic rings. The standard InChI is InChI=1S/C24H44N2O3/c1-20(2)8-7-9-23(13-20,16-25)10-18(27)29-19(28)11-24(17-26)14-21(3,4)12-22(5,6)15-24/h7-17,25-26H2,1-6H3. The summed E-state index contributed by atoms with van der Waals surface area (Å²) in [6, 6.07) is 0. The Labute approximate surface area is 177 Å². The van der Waals surface area contributed by atoms with Crippen molar-refractivity contribution in [3.05, 3.63) is 0 Å². The van der Waals surface area contributed by atoms with Crippen molar-refractivity contribution in [1.29, 1.82) is 0 Å². The summed E-state index contributed by atoms with van der Waals surface area (Å²) in [6.07, 6.45) is 7.33. The van der Waals surface area contributed by atoms with Gasteiger partial charge in [-0.05, 0) is 78.7 Å². The van der Waals surface area contributed by atoms with Gasteiger partial charge in [-0.2, -0.15) is 0 Å². The maximum atomic E-state index is 12.7. The Morgan fingerprint density at radius 1 is 0.690 bits per heavy atom. The molecule has 0 aromatic heterocycles. The predicted octanol–water partition coefficient (Wildman–Crippen LogP) is 4.56. The van der Waals surface area contributed by atoms with Crippen molar-refractivity contribution in [2.45, 2.75) is 99.3 Å². The number of esters is 2. The molecule has 5 nitrogen and oxygen atoms in total. The Morgan fingerprint density at radius 2 is 1.14 bits per heavy atom. The van der Waals surface area contributed by atoms with Gasteiger partial charge in [0, 0.05) is 0 Å². The molecule has 0 radical (unpaired) electrons. The monoisotopic (exact) mass is 408 g/mol. The normalized spacial score (nSPS) is 29.8. The minimum atomic E-state index is -0.434. The van der Waals surface area contributed by atoms with Crippen LogP contribution in [0.25, 0.3) is 0 Å². The molecule has 2 fully saturated rings. The van der Waals surface area contributed by atoms with Crippen molar-refractivity contribution in [1.82, 2.24) is 0 Å². The first kappa shape index (κ1) is 24.3. The maximum Gasteiger partial charge on any atom is 0.314 e. The van der Waals surface area contributed by atoms with Crippen LogP contribution in [0.5, 0.6) is 0 Å². The van der Waals surface area contributed by atoms with Gasteiger partial charge in [-0.3, -0.25) is 9.59 Å². The van der Waals surface area contributed by atoms with Gasteiger partial charge >= 0.3 is 11.9 Å². The number of ether oxygens (including phenoxy) is 1. The first-order valence-electron chi connectivity index (χ1n) is 11.3. The second-order valence-electron chi connectivity index (χ2n) is 12.7. The molecule has 1 atom stereocenters. The van der Waals surface area contributed by atoms with E-state index >= 15 is 0 Å². The molecule has 2 aliphatic rings. The van der Waals surface area contributed by atoms with E-state index in [-0.39, 0.29) is 39.9 Å². The molecule has 0 heterocycles. The van der Waals surface area contributed by atoms with Gasteiger partial charge in [0.2, 0.25) is 0 Å². The highest BCUT2D eigenvalue weighted by molar-refractivity contribution is 5.86. The summed E-state index contributed by atoms with van der Waals surface area (Å²) in [5.74, 6) is -0.865. The summed E-state index contributed by atoms with van der Waals surface area (Å²) in [5.41, 5.74) is 12.1. The lowest BCUT2D eigenvalue weighted by atomic mass is 9.54. The fourth-order valence-electron chi connectivity index (χ4n) is 7.20. The molecule has 29 heavy (non-hydrogen) atoms. The molecule has 0 bridgehead atoms. The molecule has 168 valence electrons. The predicted molar refractivity (Wildman–Crippen MR) is 117 cm³/mol. The lowest BCUT2D eigenvalue weighted by Gasteiger charge is -2.51. The zero-order chi connectivity index (χ0) is 22.1. The SMILES string of the molecule is CC1(C)CCCC(CN)(CC(=O)OC(=O)CC2(CN)CC(C)(C)CC(C)(C)C2)C1. The highest BCUT2D eigenvalue weighted by Crippen LogP contribution is 2.55. The lowest BCUT2D eigenvalue weighted by Crippen LogP contribution is -2.47. The van der Waals surface area contributed by atoms with E-state index in [0.29, 0.717) is 13.1 Å². The molecular formula is C24H44N2O3. The molecule has 0 aliphatic heterocycles. The van der Waals surface area contributed by atoms with Crippen molar-refractivity contribution in [2.75, 3.05) is 13.1 Å². The van der Waals surface area contributed by atoms with Crippen molar-refractivity contribution in [3.8, 4) is 0 Å². The van der Waals surface area contributed by atoms with Crippen molar-refractivity contribution >= 4 is 11.9 Å². The maximum absolute atomic E-state index is 12.7. The average molecular weight is 409 g/mol. The zero-order valence-electron chi connectivity index (χ0n) is 19.7. The summed E-state index contributed by atoms with van der Waals surface area (Å²) < 4.78 is 5.33. The molecule has 0 spiro atoms. The second kappa shape index (κ2) is 8.30. The summed E-state index contributed by atoms with van der Waals surface area (Å²) in [5, 5.41) is 0. The Bertz CT molecular complexity index is 608. The van der Waals surface area contributed by atoms with Crippen molar-refractivity contribution in [2.24, 2.45) is 38.5 Å². The van der Waals surface area contributed by atoms with Gasteiger partial charge < -0.3 is 16.2 Å². The molecule has 4 N–H and O–H groups in total. The third-order valence-electron chi connectivity index (χ3n) is 7.21. The van der Waals surface area contributed by atoms with E-state index in [1.165, 1.54) is 0 Å². The molecule has 2 rings (SSSR count). The van der Waals surface area contributed by atoms with Gasteiger partial charge in [0.25, 0.3) is 0 Å². The van der Waals surface area contributed by atoms with E-state index in [2.05, 4.69) is 41.5 Å². The largest absolute Gasteiger partial charge is 0.393 e. The quantitative estimate of drug-likeness (QED) is 0.496. The van der Waals surface area contributed by atoms with Crippen LogP contribution >= 0.6 is 0 Å². The number of carbonyl (C=O) groups is 2. The Balaban J connectivity index is 2.02. The van der Waals surface area contributed by atoms with Crippen LogP contribution in [0, 0.1) is 27.1 Å². The molecule has 1 unspecified atom stereocenters. The van der Waals surface area contributed by atoms with Crippen LogP contribution in [0.1, 0.15) is 99.3 Å². The Hall–Kier alpha value is -0.940. The molecule has 2 saturated carbocycles. The van der Waals surface area contributed by atoms with Crippen LogP contribution in [0.3, 0.4) is 0 Å². The summed E-state index contributed by atoms with van der Waals surface area (Å²) in [6.45, 7) is 14.3. The van der Waals surface area contributed by atoms with Crippen LogP contribution in [0.4, 0.5) is 0 Å². The molecule has 0 amide bonds. The minimum absolute atomic E-state index is 0.114. The van der Waals surface area contributed by atoms with Gasteiger partial charge in [0.1, 0.15) is 0 Å². The molecule has 0 saturated heterocycles. The van der Waals surface area contributed by atoms with Gasteiger partial charge in [0.15, 0.2) is 0 Å². The third kappa shape index (κ3) is 6.52. The van der Waals surface area contributed by atoms with Crippen LogP contribution in [0.2, 0.25) is 0 Å². The van der Waals surface area contributed by atoms with Gasteiger partial charge in [-0.25, -0.2) is 0 Å². The van der Waals surface area contributed by atoms with Gasteiger partial charge in [0.05, 0.1) is 12.8 Å². The molecular weight excluding hydrogens is 364 g/mol. The topological polar surface area (TPSA) is 95.4 Å². The number of hydrogen-bond donors (Lipinski definition) is 2. The summed E-state index contributed by atoms with van der Waals surface area (Å²) in [4.78, 5) is 25.4. The lowest BCUT2D eigenvalue weighted by molar-refractivity contribution is -0.164. The zero-order valence-corrected chi connectivity index (χ0v) is 19.7. The summed E-state index contributed by atoms with van der Waals surface area (Å²) >= 11 is 0. The van der Waals surface area contributed by atoms with Gasteiger partial charge in [-0.1, -0.05) is 48.0 Å². The van der Waals surface area contributed by atoms with Crippen LogP contribution in [-0.2, 0) is 14.3 Å². The fraction of sp³-hybridized carbons (Fsp3) is 0.917. The van der Waals surface area contributed by atoms with Crippen LogP contribution in [-0.4, -0.2) is 25.0 Å². The van der Waals surface area contributed by atoms with Crippen molar-refractivity contribution < 1.29 is 14.3 Å². The van der Waals surface area contributed by atoms with Crippen molar-refractivity contribution in [3.63, 3.8) is 0 Å². The van der Waals surface area contributed by atoms with Crippen LogP contribution < -0.4 is 11.5 Å². The first-order chi connectivity index (χ1) is 13.2. The number of rotatable bonds is 6. The minimum Gasteiger partial charge on any atom is -0.393 e. The van der Waals surface area contributed by atoms with E-state index in [1.54, 1.807) is 0 Å².